The van der Waals surface area contributed by atoms with Crippen molar-refractivity contribution in [1.82, 2.24) is 45.7 Å². The van der Waals surface area contributed by atoms with Crippen LogP contribution in [0.3, 0.4) is 0 Å². The van der Waals surface area contributed by atoms with Crippen molar-refractivity contribution in [1.29, 1.82) is 0 Å². The monoisotopic (exact) mass is 1180 g/mol. The molecule has 464 valence electrons. The number of rotatable bonds is 0. The molecule has 5 aromatic heterocycles. The molecule has 0 aromatic carbocycles. The van der Waals surface area contributed by atoms with Crippen LogP contribution in [0.25, 0.3) is 0 Å². The third-order valence-corrected chi connectivity index (χ3v) is 15.0. The second kappa shape index (κ2) is 24.5. The second-order valence-corrected chi connectivity index (χ2v) is 26.6. The Morgan fingerprint density at radius 3 is 1.12 bits per heavy atom. The van der Waals surface area contributed by atoms with E-state index in [1.807, 2.05) is 104 Å². The fourth-order valence-corrected chi connectivity index (χ4v) is 10.7. The van der Waals surface area contributed by atoms with Crippen LogP contribution < -0.4 is 65.7 Å². The highest BCUT2D eigenvalue weighted by molar-refractivity contribution is 5.29. The first-order valence-corrected chi connectivity index (χ1v) is 28.4. The second-order valence-electron chi connectivity index (χ2n) is 26.6. The maximum atomic E-state index is 12.3. The van der Waals surface area contributed by atoms with Crippen molar-refractivity contribution in [2.75, 3.05) is 26.4 Å². The number of ether oxygens (including phenoxy) is 5. The minimum atomic E-state index is -0.540. The van der Waals surface area contributed by atoms with Crippen LogP contribution in [-0.2, 0) is 129 Å². The predicted octanol–water partition coefficient (Wildman–Crippen LogP) is 2.34. The van der Waals surface area contributed by atoms with Crippen molar-refractivity contribution in [3.8, 4) is 11.6 Å². The Morgan fingerprint density at radius 2 is 0.631 bits per heavy atom. The zero-order valence-corrected chi connectivity index (χ0v) is 53.0. The molecule has 0 N–H and O–H groups in total. The molecule has 84 heavy (non-hydrogen) atoms. The summed E-state index contributed by atoms with van der Waals surface area (Å²) in [7, 11) is 8.43. The van der Waals surface area contributed by atoms with E-state index in [0.717, 1.165) is 25.0 Å². The lowest BCUT2D eigenvalue weighted by atomic mass is 10.1. The molecule has 10 rings (SSSR count). The SMILES string of the molecule is Cn1c2c(c(=O)n(C(C)(C)C)c1=O)CCCO2.Cn1c2c(c(=O)n(C(C)(C)C)c1=O)CCOC2.Cn1c2c(c(=O)n(C(C)(C)C)c1=O)COC2.Cn1c2c(c(=O)n(C(C)(C)C)c1=O)COCC2.Cn1c2c(c(=O)n(C(C)(C)C)c1=O)OCCC2. The molecule has 0 radical (unpaired) electrons. The van der Waals surface area contributed by atoms with Gasteiger partial charge in [-0.25, -0.2) is 24.0 Å². The molecule has 0 aliphatic carbocycles. The molecule has 0 atom stereocenters. The molecule has 5 aromatic rings. The van der Waals surface area contributed by atoms with Crippen molar-refractivity contribution in [3.63, 3.8) is 0 Å². The summed E-state index contributed by atoms with van der Waals surface area (Å²) in [5.41, 5.74) is 0.420. The van der Waals surface area contributed by atoms with Crippen molar-refractivity contribution < 1.29 is 23.7 Å². The third kappa shape index (κ3) is 13.1. The topological polar surface area (TPSA) is 266 Å². The molecule has 0 bridgehead atoms. The summed E-state index contributed by atoms with van der Waals surface area (Å²) < 4.78 is 40.8. The van der Waals surface area contributed by atoms with Gasteiger partial charge >= 0.3 is 28.4 Å². The van der Waals surface area contributed by atoms with Gasteiger partial charge in [-0.05, 0) is 130 Å². The van der Waals surface area contributed by atoms with Gasteiger partial charge in [-0.3, -0.25) is 65.1 Å². The normalized spacial score (nSPS) is 15.5. The van der Waals surface area contributed by atoms with Crippen LogP contribution in [0, 0.1) is 0 Å². The molecule has 10 heterocycles. The van der Waals surface area contributed by atoms with Crippen LogP contribution in [0.15, 0.2) is 47.9 Å². The van der Waals surface area contributed by atoms with Gasteiger partial charge in [0, 0.05) is 87.0 Å². The van der Waals surface area contributed by atoms with Crippen LogP contribution in [-0.4, -0.2) is 72.1 Å². The summed E-state index contributed by atoms with van der Waals surface area (Å²) in [5.74, 6) is 0.778. The van der Waals surface area contributed by atoms with Crippen molar-refractivity contribution in [2.45, 2.75) is 197 Å². The van der Waals surface area contributed by atoms with E-state index < -0.39 is 27.7 Å². The van der Waals surface area contributed by atoms with Gasteiger partial charge in [-0.2, -0.15) is 0 Å². The molecule has 0 spiro atoms. The number of aromatic nitrogens is 10. The summed E-state index contributed by atoms with van der Waals surface area (Å²) in [6, 6.07) is 0. The number of hydrogen-bond donors (Lipinski definition) is 0. The highest BCUT2D eigenvalue weighted by atomic mass is 16.5. The van der Waals surface area contributed by atoms with Gasteiger partial charge < -0.3 is 28.3 Å². The van der Waals surface area contributed by atoms with E-state index in [0.29, 0.717) is 123 Å². The first-order chi connectivity index (χ1) is 38.7. The number of nitrogens with zero attached hydrogens (tertiary/aromatic N) is 10. The Hall–Kier alpha value is -7.12. The van der Waals surface area contributed by atoms with Crippen molar-refractivity contribution in [3.05, 3.63) is 149 Å². The average Bonchev–Trinajstić information content (AvgIpc) is 1.76. The largest absolute Gasteiger partial charge is 0.487 e. The molecule has 0 unspecified atom stereocenters. The number of fused-ring (bicyclic) bond motifs is 5. The first-order valence-electron chi connectivity index (χ1n) is 28.4. The zero-order chi connectivity index (χ0) is 63.3. The number of hydrogen-bond acceptors (Lipinski definition) is 15. The standard InChI is InChI=1S/4C12H18N2O3.C11H16N2O3/c1-12(2,3)14-10(15)8-7-17-6-5-9(8)13(4)11(14)16;1-12(2,3)14-10(15)8-5-6-17-7-9(8)13(4)11(14)16;1-12(2,3)14-10(15)9-8(6-5-7-17-9)13(4)11(14)16;1-12(2,3)14-9(15)8-6-5-7-17-10(8)13(4)11(14)16;1-11(2,3)13-9(14)7-5-16-6-8(7)12(4)10(13)15/h4*5-7H2,1-4H3;5-6H2,1-4H3. The van der Waals surface area contributed by atoms with E-state index in [1.165, 1.54) is 41.1 Å². The molecule has 0 amide bonds. The minimum absolute atomic E-state index is 0.168. The summed E-state index contributed by atoms with van der Waals surface area (Å²) in [6.07, 6.45) is 4.28. The van der Waals surface area contributed by atoms with Crippen LogP contribution in [0.1, 0.15) is 162 Å². The van der Waals surface area contributed by atoms with E-state index in [-0.39, 0.29) is 56.2 Å². The predicted molar refractivity (Wildman–Crippen MR) is 318 cm³/mol. The molecule has 25 heteroatoms. The van der Waals surface area contributed by atoms with Crippen molar-refractivity contribution in [2.24, 2.45) is 35.2 Å². The summed E-state index contributed by atoms with van der Waals surface area (Å²) in [6.45, 7) is 31.3. The zero-order valence-electron chi connectivity index (χ0n) is 53.0. The molecular weight excluding hydrogens is 1090 g/mol. The lowest BCUT2D eigenvalue weighted by molar-refractivity contribution is 0.102. The molecule has 0 saturated heterocycles. The van der Waals surface area contributed by atoms with Gasteiger partial charge in [0.05, 0.1) is 86.6 Å². The van der Waals surface area contributed by atoms with Crippen LogP contribution in [0.4, 0.5) is 0 Å². The van der Waals surface area contributed by atoms with Gasteiger partial charge in [-0.15, -0.1) is 0 Å². The fourth-order valence-electron chi connectivity index (χ4n) is 10.7. The lowest BCUT2D eigenvalue weighted by Crippen LogP contribution is -2.50. The van der Waals surface area contributed by atoms with Gasteiger partial charge in [-0.1, -0.05) is 0 Å². The van der Waals surface area contributed by atoms with Crippen molar-refractivity contribution >= 4 is 0 Å². The summed E-state index contributed by atoms with van der Waals surface area (Å²) in [4.78, 5) is 122. The van der Waals surface area contributed by atoms with Crippen LogP contribution >= 0.6 is 0 Å². The summed E-state index contributed by atoms with van der Waals surface area (Å²) >= 11 is 0. The van der Waals surface area contributed by atoms with E-state index >= 15 is 0 Å². The minimum Gasteiger partial charge on any atom is -0.487 e. The quantitative estimate of drug-likeness (QED) is 0.215. The Labute approximate surface area is 486 Å². The Kier molecular flexibility index (Phi) is 19.2. The van der Waals surface area contributed by atoms with Gasteiger partial charge in [0.25, 0.3) is 27.8 Å². The molecule has 25 nitrogen and oxygen atoms in total. The molecule has 0 fully saturated rings. The Morgan fingerprint density at radius 1 is 0.298 bits per heavy atom. The maximum Gasteiger partial charge on any atom is 0.334 e. The average molecular weight is 1180 g/mol. The van der Waals surface area contributed by atoms with E-state index in [4.69, 9.17) is 23.7 Å². The molecular formula is C59H88N10O15. The first kappa shape index (κ1) is 66.0. The Bertz CT molecular complexity index is 3570. The van der Waals surface area contributed by atoms with Gasteiger partial charge in [0.2, 0.25) is 11.6 Å². The van der Waals surface area contributed by atoms with Crippen LogP contribution in [0.2, 0.25) is 0 Å². The Balaban J connectivity index is 0.000000168. The lowest BCUT2D eigenvalue weighted by Gasteiger charge is -2.26. The molecule has 0 saturated carbocycles. The third-order valence-electron chi connectivity index (χ3n) is 15.0. The van der Waals surface area contributed by atoms with Gasteiger partial charge in [0.15, 0.2) is 0 Å². The summed E-state index contributed by atoms with van der Waals surface area (Å²) in [5, 5.41) is 0. The van der Waals surface area contributed by atoms with Crippen LogP contribution in [0.5, 0.6) is 11.6 Å². The highest BCUT2D eigenvalue weighted by Crippen LogP contribution is 2.23. The smallest absolute Gasteiger partial charge is 0.334 e. The maximum absolute atomic E-state index is 12.3. The highest BCUT2D eigenvalue weighted by Gasteiger charge is 2.32. The van der Waals surface area contributed by atoms with Gasteiger partial charge in [0.1, 0.15) is 0 Å². The molecule has 5 aliphatic heterocycles. The van der Waals surface area contributed by atoms with E-state index in [1.54, 1.807) is 39.8 Å². The fraction of sp³-hybridized carbons (Fsp3) is 0.661. The van der Waals surface area contributed by atoms with E-state index in [2.05, 4.69) is 0 Å². The van der Waals surface area contributed by atoms with E-state index in [9.17, 15) is 47.9 Å². The molecule has 5 aliphatic rings.